The largest absolute Gasteiger partial charge is 0.481 e. The van der Waals surface area contributed by atoms with Crippen molar-refractivity contribution in [1.29, 1.82) is 5.41 Å². The molecule has 8 fully saturated rings. The number of rotatable bonds is 10. The van der Waals surface area contributed by atoms with Crippen LogP contribution in [0.25, 0.3) is 0 Å². The summed E-state index contributed by atoms with van der Waals surface area (Å²) in [7, 11) is 3.38. The van der Waals surface area contributed by atoms with Gasteiger partial charge >= 0.3 is 35.8 Å². The molecule has 0 saturated heterocycles. The van der Waals surface area contributed by atoms with E-state index in [1.54, 1.807) is 14.1 Å². The van der Waals surface area contributed by atoms with Gasteiger partial charge in [-0.15, -0.1) is 0 Å². The third kappa shape index (κ3) is 11.8. The lowest BCUT2D eigenvalue weighted by atomic mass is 9.33. The van der Waals surface area contributed by atoms with Gasteiger partial charge in [0.1, 0.15) is 12.2 Å². The molecule has 16 atom stereocenters. The number of carboxylic acids is 4. The van der Waals surface area contributed by atoms with Crippen LogP contribution in [0.2, 0.25) is 0 Å². The van der Waals surface area contributed by atoms with Crippen LogP contribution >= 0.6 is 0 Å². The number of carbonyl (C=O) groups is 6. The van der Waals surface area contributed by atoms with Gasteiger partial charge in [0.15, 0.2) is 5.96 Å². The highest BCUT2D eigenvalue weighted by atomic mass is 16.5. The van der Waals surface area contributed by atoms with Crippen molar-refractivity contribution in [3.05, 3.63) is 23.3 Å². The SMILES string of the molecule is CC1(C)CC[C@]2(C(=O)O)CC[C@]3(C)C(=CC[C@@H]4[C@@]5(C)CC[C@H](OC(=O)CCC(=O)O)C(C)(C)[C@@H]5CC[C@]43C)[C@@H]2C1.CC1(C)CC[C@]2(C(=O)O)CC[C@]3(C)C(=CC[C@@H]4[C@@]5(C)CC[C@H](OC(=O)CCC(=O)O)C(C)(C)[C@@H]5CC[C@]43C)[C@@H]2C1.CN(C)C(=N)N=C(N)N. The normalized spacial score (nSPS) is 41.3. The number of ether oxygens (including phenoxy) is 2. The summed E-state index contributed by atoms with van der Waals surface area (Å²) in [5.41, 5.74) is 11.9. The second-order valence-electron chi connectivity index (χ2n) is 34.6. The van der Waals surface area contributed by atoms with E-state index in [1.165, 1.54) is 16.0 Å². The highest BCUT2D eigenvalue weighted by Gasteiger charge is 2.72. The predicted octanol–water partition coefficient (Wildman–Crippen LogP) is 14.1. The Morgan fingerprint density at radius 3 is 1.16 bits per heavy atom. The van der Waals surface area contributed by atoms with Gasteiger partial charge in [-0.1, -0.05) is 120 Å². The fourth-order valence-electron chi connectivity index (χ4n) is 22.7. The van der Waals surface area contributed by atoms with Crippen molar-refractivity contribution in [2.75, 3.05) is 14.1 Å². The highest BCUT2D eigenvalue weighted by Crippen LogP contribution is 2.78. The standard InChI is InChI=1S/2C34H52O6.C4H11N5/c2*1-29(2)16-18-34(28(38)39)19-17-32(6)21(22(34)20-29)8-9-24-31(5)14-13-25(40-27(37)11-10-26(35)36)30(3,4)23(31)12-15-33(24,32)7;1-9(2)4(7)8-3(5)6/h2*8,22-25H,9-20H2,1-7H3,(H,35,36)(H,38,39);1-2H3,(H5,5,6,7,8)/t2*22-,23-,24+,25-,31-,32+,33+,34-;/m00./s1. The Morgan fingerprint density at radius 2 is 0.854 bits per heavy atom. The molecule has 10 aliphatic carbocycles. The van der Waals surface area contributed by atoms with Crippen LogP contribution < -0.4 is 11.5 Å². The first kappa shape index (κ1) is 69.9. The number of fused-ring (bicyclic) bond motifs is 14. The molecule has 0 aliphatic heterocycles. The van der Waals surface area contributed by atoms with Crippen molar-refractivity contribution in [2.45, 2.75) is 263 Å². The molecular formula is C72H115N5O12. The Labute approximate surface area is 532 Å². The highest BCUT2D eigenvalue weighted by molar-refractivity contribution is 5.91. The summed E-state index contributed by atoms with van der Waals surface area (Å²) in [4.78, 5) is 77.7. The second-order valence-corrected chi connectivity index (χ2v) is 34.6. The summed E-state index contributed by atoms with van der Waals surface area (Å²) >= 11 is 0. The number of nitrogens with zero attached hydrogens (tertiary/aromatic N) is 2. The zero-order chi connectivity index (χ0) is 66.5. The first-order valence-electron chi connectivity index (χ1n) is 34.0. The number of esters is 2. The Bertz CT molecular complexity index is 2730. The van der Waals surface area contributed by atoms with E-state index >= 15 is 0 Å². The Balaban J connectivity index is 0.000000202. The molecule has 17 nitrogen and oxygen atoms in total. The number of guanidine groups is 2. The lowest BCUT2D eigenvalue weighted by Crippen LogP contribution is -2.65. The number of carboxylic acid groups (broad SMARTS) is 4. The van der Waals surface area contributed by atoms with Crippen molar-refractivity contribution in [3.8, 4) is 0 Å². The van der Waals surface area contributed by atoms with Crippen molar-refractivity contribution in [2.24, 2.45) is 117 Å². The van der Waals surface area contributed by atoms with Crippen molar-refractivity contribution in [3.63, 3.8) is 0 Å². The van der Waals surface area contributed by atoms with E-state index in [0.717, 1.165) is 128 Å². The maximum Gasteiger partial charge on any atom is 0.310 e. The lowest BCUT2D eigenvalue weighted by Gasteiger charge is -2.71. The predicted molar refractivity (Wildman–Crippen MR) is 344 cm³/mol. The molecule has 10 rings (SSSR count). The number of nitrogens with one attached hydrogen (secondary N) is 1. The molecule has 500 valence electrons. The molecule has 0 aromatic heterocycles. The molecule has 0 unspecified atom stereocenters. The average molecular weight is 1240 g/mol. The maximum absolute atomic E-state index is 12.9. The monoisotopic (exact) mass is 1240 g/mol. The average Bonchev–Trinajstić information content (AvgIpc) is 0.699. The van der Waals surface area contributed by atoms with Gasteiger partial charge in [0, 0.05) is 24.9 Å². The molecule has 0 amide bonds. The number of aliphatic carboxylic acids is 4. The van der Waals surface area contributed by atoms with E-state index in [0.29, 0.717) is 23.7 Å². The lowest BCUT2D eigenvalue weighted by molar-refractivity contribution is -0.214. The minimum absolute atomic E-state index is 0.00871. The summed E-state index contributed by atoms with van der Waals surface area (Å²) in [5, 5.41) is 46.2. The number of hydrogen-bond donors (Lipinski definition) is 7. The van der Waals surface area contributed by atoms with Gasteiger partial charge in [0.05, 0.1) is 36.5 Å². The molecule has 89 heavy (non-hydrogen) atoms. The molecule has 8 saturated carbocycles. The third-order valence-corrected chi connectivity index (χ3v) is 28.3. The number of nitrogens with two attached hydrogens (primary N) is 2. The second kappa shape index (κ2) is 23.9. The zero-order valence-electron chi connectivity index (χ0n) is 57.3. The van der Waals surface area contributed by atoms with Gasteiger partial charge in [-0.25, -0.2) is 0 Å². The molecule has 0 bridgehead atoms. The fourth-order valence-corrected chi connectivity index (χ4v) is 22.7. The minimum Gasteiger partial charge on any atom is -0.481 e. The van der Waals surface area contributed by atoms with Crippen molar-refractivity contribution < 1.29 is 58.7 Å². The van der Waals surface area contributed by atoms with Crippen LogP contribution in [0.3, 0.4) is 0 Å². The van der Waals surface area contributed by atoms with E-state index in [1.807, 2.05) is 0 Å². The van der Waals surface area contributed by atoms with Crippen LogP contribution in [0.1, 0.15) is 251 Å². The summed E-state index contributed by atoms with van der Waals surface area (Å²) in [6, 6.07) is 0. The van der Waals surface area contributed by atoms with Crippen molar-refractivity contribution >= 4 is 47.7 Å². The van der Waals surface area contributed by atoms with Crippen LogP contribution in [-0.4, -0.2) is 99.4 Å². The fraction of sp³-hybridized carbons (Fsp3) is 0.833. The van der Waals surface area contributed by atoms with Gasteiger partial charge in [-0.2, -0.15) is 4.99 Å². The quantitative estimate of drug-likeness (QED) is 0.0463. The maximum atomic E-state index is 12.9. The van der Waals surface area contributed by atoms with Gasteiger partial charge in [-0.3, -0.25) is 34.2 Å². The first-order chi connectivity index (χ1) is 40.9. The Kier molecular flexibility index (Phi) is 18.7. The van der Waals surface area contributed by atoms with E-state index in [-0.39, 0.29) is 116 Å². The first-order valence-corrected chi connectivity index (χ1v) is 34.0. The van der Waals surface area contributed by atoms with Gasteiger partial charge in [0.25, 0.3) is 0 Å². The van der Waals surface area contributed by atoms with Gasteiger partial charge in [-0.05, 0) is 207 Å². The molecule has 0 spiro atoms. The molecule has 17 heteroatoms. The van der Waals surface area contributed by atoms with E-state index in [2.05, 4.69) is 114 Å². The van der Waals surface area contributed by atoms with Crippen LogP contribution in [-0.2, 0) is 38.2 Å². The third-order valence-electron chi connectivity index (χ3n) is 28.3. The van der Waals surface area contributed by atoms with Crippen LogP contribution in [0, 0.1) is 106 Å². The van der Waals surface area contributed by atoms with E-state index < -0.39 is 46.6 Å². The van der Waals surface area contributed by atoms with Gasteiger partial charge in [0.2, 0.25) is 5.96 Å². The van der Waals surface area contributed by atoms with E-state index in [4.69, 9.17) is 36.6 Å². The Morgan fingerprint density at radius 1 is 0.506 bits per heavy atom. The molecular weight excluding hydrogens is 1130 g/mol. The number of allylic oxidation sites excluding steroid dienone is 4. The van der Waals surface area contributed by atoms with Crippen LogP contribution in [0.5, 0.6) is 0 Å². The summed E-state index contributed by atoms with van der Waals surface area (Å²) < 4.78 is 11.9. The van der Waals surface area contributed by atoms with E-state index in [9.17, 15) is 39.0 Å². The topological polar surface area (TPSA) is 293 Å². The summed E-state index contributed by atoms with van der Waals surface area (Å²) in [5.74, 6) is -1.94. The molecule has 0 aromatic rings. The summed E-state index contributed by atoms with van der Waals surface area (Å²) in [6.45, 7) is 33.3. The van der Waals surface area contributed by atoms with Gasteiger partial charge < -0.3 is 46.3 Å². The number of hydrogen-bond acceptors (Lipinski definition) is 9. The van der Waals surface area contributed by atoms with Crippen LogP contribution in [0.15, 0.2) is 28.3 Å². The van der Waals surface area contributed by atoms with Crippen LogP contribution in [0.4, 0.5) is 0 Å². The zero-order valence-corrected chi connectivity index (χ0v) is 57.3. The molecule has 0 heterocycles. The minimum atomic E-state index is -0.975. The smallest absolute Gasteiger partial charge is 0.310 e. The number of aliphatic imine (C=N–C) groups is 1. The molecule has 0 aromatic carbocycles. The number of carbonyl (C=O) groups excluding carboxylic acids is 2. The van der Waals surface area contributed by atoms with Crippen molar-refractivity contribution in [1.82, 2.24) is 4.90 Å². The molecule has 9 N–H and O–H groups in total. The summed E-state index contributed by atoms with van der Waals surface area (Å²) in [6.07, 6.45) is 22.9. The molecule has 0 radical (unpaired) electrons. The Hall–Kier alpha value is -4.96. The molecule has 10 aliphatic rings.